The van der Waals surface area contributed by atoms with Crippen LogP contribution in [0.1, 0.15) is 23.4 Å². The lowest BCUT2D eigenvalue weighted by atomic mass is 10.3. The Labute approximate surface area is 91.0 Å². The summed E-state index contributed by atoms with van der Waals surface area (Å²) in [4.78, 5) is 21.5. The smallest absolute Gasteiger partial charge is 0.303 e. The molecule has 1 aromatic rings. The van der Waals surface area contributed by atoms with Crippen LogP contribution in [-0.4, -0.2) is 23.5 Å². The van der Waals surface area contributed by atoms with Gasteiger partial charge in [-0.3, -0.25) is 9.59 Å². The van der Waals surface area contributed by atoms with Crippen molar-refractivity contribution in [2.24, 2.45) is 0 Å². The highest BCUT2D eigenvalue weighted by Crippen LogP contribution is 2.15. The summed E-state index contributed by atoms with van der Waals surface area (Å²) in [7, 11) is 0. The van der Waals surface area contributed by atoms with E-state index >= 15 is 0 Å². The molecule has 6 heteroatoms. The molecule has 15 heavy (non-hydrogen) atoms. The quantitative estimate of drug-likeness (QED) is 0.753. The zero-order valence-electron chi connectivity index (χ0n) is 7.83. The second-order valence-electron chi connectivity index (χ2n) is 2.85. The van der Waals surface area contributed by atoms with E-state index in [1.54, 1.807) is 0 Å². The molecule has 0 atom stereocenters. The van der Waals surface area contributed by atoms with Crippen LogP contribution in [0.5, 0.6) is 0 Å². The molecule has 0 bridgehead atoms. The molecular formula is C9H10ClNO4. The van der Waals surface area contributed by atoms with Crippen molar-refractivity contribution in [1.82, 2.24) is 5.32 Å². The molecule has 0 aliphatic carbocycles. The van der Waals surface area contributed by atoms with E-state index in [0.29, 0.717) is 6.42 Å². The molecule has 5 nitrogen and oxygen atoms in total. The highest BCUT2D eigenvalue weighted by molar-refractivity contribution is 6.33. The lowest BCUT2D eigenvalue weighted by molar-refractivity contribution is -0.137. The predicted octanol–water partition coefficient (Wildman–Crippen LogP) is 1.53. The Morgan fingerprint density at radius 1 is 1.53 bits per heavy atom. The van der Waals surface area contributed by atoms with Crippen molar-refractivity contribution in [3.8, 4) is 0 Å². The molecule has 0 spiro atoms. The Kier molecular flexibility index (Phi) is 4.17. The molecule has 1 heterocycles. The molecule has 82 valence electrons. The summed E-state index contributed by atoms with van der Waals surface area (Å²) in [5, 5.41) is 11.1. The number of rotatable bonds is 5. The Morgan fingerprint density at radius 3 is 2.80 bits per heavy atom. The van der Waals surface area contributed by atoms with Crippen molar-refractivity contribution in [3.05, 3.63) is 23.1 Å². The van der Waals surface area contributed by atoms with E-state index in [0.717, 1.165) is 0 Å². The molecule has 0 aliphatic rings. The third-order valence-corrected chi connectivity index (χ3v) is 1.97. The minimum Gasteiger partial charge on any atom is -0.481 e. The minimum absolute atomic E-state index is 0.0200. The third kappa shape index (κ3) is 3.63. The van der Waals surface area contributed by atoms with Crippen molar-refractivity contribution < 1.29 is 19.1 Å². The van der Waals surface area contributed by atoms with Crippen LogP contribution in [0, 0.1) is 0 Å². The number of furan rings is 1. The van der Waals surface area contributed by atoms with Crippen LogP contribution in [0.15, 0.2) is 16.7 Å². The van der Waals surface area contributed by atoms with Gasteiger partial charge in [0.1, 0.15) is 0 Å². The molecule has 0 aromatic carbocycles. The summed E-state index contributed by atoms with van der Waals surface area (Å²) >= 11 is 5.65. The highest BCUT2D eigenvalue weighted by atomic mass is 35.5. The van der Waals surface area contributed by atoms with Gasteiger partial charge in [0.2, 0.25) is 5.76 Å². The van der Waals surface area contributed by atoms with Gasteiger partial charge in [-0.25, -0.2) is 0 Å². The molecule has 0 saturated carbocycles. The van der Waals surface area contributed by atoms with Crippen LogP contribution in [-0.2, 0) is 4.79 Å². The van der Waals surface area contributed by atoms with Crippen LogP contribution in [0.2, 0.25) is 5.02 Å². The van der Waals surface area contributed by atoms with Crippen molar-refractivity contribution >= 4 is 23.5 Å². The first-order valence-electron chi connectivity index (χ1n) is 4.34. The first kappa shape index (κ1) is 11.6. The lowest BCUT2D eigenvalue weighted by Gasteiger charge is -2.01. The van der Waals surface area contributed by atoms with Gasteiger partial charge in [-0.15, -0.1) is 0 Å². The number of carbonyl (C=O) groups excluding carboxylic acids is 1. The van der Waals surface area contributed by atoms with E-state index in [1.165, 1.54) is 12.3 Å². The van der Waals surface area contributed by atoms with Crippen molar-refractivity contribution in [1.29, 1.82) is 0 Å². The Bertz CT molecular complexity index is 361. The van der Waals surface area contributed by atoms with Crippen LogP contribution in [0.3, 0.4) is 0 Å². The molecule has 2 N–H and O–H groups in total. The van der Waals surface area contributed by atoms with Crippen LogP contribution in [0.25, 0.3) is 0 Å². The van der Waals surface area contributed by atoms with Crippen LogP contribution in [0.4, 0.5) is 0 Å². The molecule has 0 radical (unpaired) electrons. The van der Waals surface area contributed by atoms with Crippen LogP contribution >= 0.6 is 11.6 Å². The number of hydrogen-bond donors (Lipinski definition) is 2. The van der Waals surface area contributed by atoms with Gasteiger partial charge in [0, 0.05) is 13.0 Å². The number of nitrogens with one attached hydrogen (secondary N) is 1. The molecule has 0 saturated heterocycles. The topological polar surface area (TPSA) is 79.5 Å². The second-order valence-corrected chi connectivity index (χ2v) is 3.26. The number of hydrogen-bond acceptors (Lipinski definition) is 3. The van der Waals surface area contributed by atoms with Gasteiger partial charge in [-0.05, 0) is 12.5 Å². The van der Waals surface area contributed by atoms with Gasteiger partial charge < -0.3 is 14.8 Å². The maximum Gasteiger partial charge on any atom is 0.303 e. The zero-order valence-corrected chi connectivity index (χ0v) is 8.58. The number of carboxylic acid groups (broad SMARTS) is 1. The van der Waals surface area contributed by atoms with Crippen molar-refractivity contribution in [2.75, 3.05) is 6.54 Å². The minimum atomic E-state index is -0.889. The summed E-state index contributed by atoms with van der Waals surface area (Å²) in [5.41, 5.74) is 0. The Morgan fingerprint density at radius 2 is 2.27 bits per heavy atom. The largest absolute Gasteiger partial charge is 0.481 e. The third-order valence-electron chi connectivity index (χ3n) is 1.68. The molecule has 0 aliphatic heterocycles. The fraction of sp³-hybridized carbons (Fsp3) is 0.333. The lowest BCUT2D eigenvalue weighted by Crippen LogP contribution is -2.24. The van der Waals surface area contributed by atoms with E-state index < -0.39 is 11.9 Å². The standard InChI is InChI=1S/C9H10ClNO4/c10-6-3-5-15-8(6)9(14)11-4-1-2-7(12)13/h3,5H,1-2,4H2,(H,11,14)(H,12,13). The normalized spacial score (nSPS) is 9.93. The number of carboxylic acids is 1. The SMILES string of the molecule is O=C(O)CCCNC(=O)c1occc1Cl. The number of carbonyl (C=O) groups is 2. The number of halogens is 1. The van der Waals surface area contributed by atoms with E-state index in [-0.39, 0.29) is 23.7 Å². The van der Waals surface area contributed by atoms with Gasteiger partial charge in [-0.1, -0.05) is 11.6 Å². The van der Waals surface area contributed by atoms with Gasteiger partial charge in [-0.2, -0.15) is 0 Å². The van der Waals surface area contributed by atoms with Crippen LogP contribution < -0.4 is 5.32 Å². The molecule has 0 fully saturated rings. The summed E-state index contributed by atoms with van der Waals surface area (Å²) in [6.07, 6.45) is 1.71. The summed E-state index contributed by atoms with van der Waals surface area (Å²) < 4.78 is 4.84. The average Bonchev–Trinajstić information content (AvgIpc) is 2.58. The predicted molar refractivity (Wildman–Crippen MR) is 52.9 cm³/mol. The monoisotopic (exact) mass is 231 g/mol. The summed E-state index contributed by atoms with van der Waals surface area (Å²) in [6.45, 7) is 0.280. The Hall–Kier alpha value is -1.49. The van der Waals surface area contributed by atoms with Gasteiger partial charge in [0.05, 0.1) is 11.3 Å². The molecule has 1 rings (SSSR count). The maximum absolute atomic E-state index is 11.3. The van der Waals surface area contributed by atoms with Crippen molar-refractivity contribution in [3.63, 3.8) is 0 Å². The number of amides is 1. The summed E-state index contributed by atoms with van der Waals surface area (Å²) in [5.74, 6) is -1.28. The van der Waals surface area contributed by atoms with E-state index in [9.17, 15) is 9.59 Å². The van der Waals surface area contributed by atoms with Gasteiger partial charge in [0.25, 0.3) is 5.91 Å². The molecule has 1 aromatic heterocycles. The first-order valence-corrected chi connectivity index (χ1v) is 4.72. The van der Waals surface area contributed by atoms with Crippen molar-refractivity contribution in [2.45, 2.75) is 12.8 Å². The van der Waals surface area contributed by atoms with E-state index in [4.69, 9.17) is 21.1 Å². The fourth-order valence-electron chi connectivity index (χ4n) is 0.978. The zero-order chi connectivity index (χ0) is 11.3. The van der Waals surface area contributed by atoms with Gasteiger partial charge in [0.15, 0.2) is 0 Å². The van der Waals surface area contributed by atoms with E-state index in [1.807, 2.05) is 0 Å². The Balaban J connectivity index is 2.31. The van der Waals surface area contributed by atoms with Gasteiger partial charge >= 0.3 is 5.97 Å². The first-order chi connectivity index (χ1) is 7.11. The molecule has 0 unspecified atom stereocenters. The second kappa shape index (κ2) is 5.41. The van der Waals surface area contributed by atoms with E-state index in [2.05, 4.69) is 5.32 Å². The maximum atomic E-state index is 11.3. The molecular weight excluding hydrogens is 222 g/mol. The number of aliphatic carboxylic acids is 1. The highest BCUT2D eigenvalue weighted by Gasteiger charge is 2.12. The molecule has 1 amide bonds. The summed E-state index contributed by atoms with van der Waals surface area (Å²) in [6, 6.07) is 1.47. The average molecular weight is 232 g/mol. The fourth-order valence-corrected chi connectivity index (χ4v) is 1.16.